The van der Waals surface area contributed by atoms with Crippen molar-refractivity contribution < 1.29 is 0 Å². The molecule has 18 heavy (non-hydrogen) atoms. The summed E-state index contributed by atoms with van der Waals surface area (Å²) >= 11 is 3.55. The number of nitrogens with one attached hydrogen (secondary N) is 1. The number of hydrogen-bond acceptors (Lipinski definition) is 2. The molecule has 2 rings (SSSR count). The second-order valence-corrected chi connectivity index (χ2v) is 5.28. The molecule has 2 aromatic rings. The molecule has 2 nitrogen and oxygen atoms in total. The Hall–Kier alpha value is -1.19. The van der Waals surface area contributed by atoms with Gasteiger partial charge in [0, 0.05) is 28.8 Å². The van der Waals surface area contributed by atoms with Gasteiger partial charge in [0.2, 0.25) is 0 Å². The Labute approximate surface area is 117 Å². The zero-order valence-corrected chi connectivity index (χ0v) is 12.2. The first-order valence-corrected chi connectivity index (χ1v) is 6.83. The summed E-state index contributed by atoms with van der Waals surface area (Å²) < 4.78 is 1.11. The van der Waals surface area contributed by atoms with Crippen LogP contribution in [0.5, 0.6) is 0 Å². The SMILES string of the molecule is CNCC(c1ccccn1)c1cc(Br)ccc1C. The fourth-order valence-electron chi connectivity index (χ4n) is 2.15. The topological polar surface area (TPSA) is 24.9 Å². The summed E-state index contributed by atoms with van der Waals surface area (Å²) in [6.07, 6.45) is 1.85. The van der Waals surface area contributed by atoms with Crippen LogP contribution in [0.1, 0.15) is 22.7 Å². The molecule has 0 aliphatic carbocycles. The number of pyridine rings is 1. The molecule has 3 heteroatoms. The van der Waals surface area contributed by atoms with E-state index in [1.54, 1.807) is 0 Å². The van der Waals surface area contributed by atoms with Crippen LogP contribution in [0.25, 0.3) is 0 Å². The minimum absolute atomic E-state index is 0.286. The quantitative estimate of drug-likeness (QED) is 0.935. The Balaban J connectivity index is 2.44. The van der Waals surface area contributed by atoms with Crippen molar-refractivity contribution in [1.29, 1.82) is 0 Å². The van der Waals surface area contributed by atoms with Gasteiger partial charge in [-0.1, -0.05) is 28.1 Å². The second-order valence-electron chi connectivity index (χ2n) is 4.37. The molecule has 1 unspecified atom stereocenters. The third-order valence-electron chi connectivity index (χ3n) is 3.07. The Morgan fingerprint density at radius 1 is 1.28 bits per heavy atom. The summed E-state index contributed by atoms with van der Waals surface area (Å²) in [7, 11) is 1.98. The van der Waals surface area contributed by atoms with Crippen LogP contribution in [0.15, 0.2) is 47.1 Å². The summed E-state index contributed by atoms with van der Waals surface area (Å²) in [5, 5.41) is 3.26. The van der Waals surface area contributed by atoms with E-state index in [-0.39, 0.29) is 5.92 Å². The van der Waals surface area contributed by atoms with E-state index in [2.05, 4.69) is 57.4 Å². The number of likely N-dealkylation sites (N-methyl/N-ethyl adjacent to an activating group) is 1. The van der Waals surface area contributed by atoms with E-state index in [0.717, 1.165) is 16.7 Å². The standard InChI is InChI=1S/C15H17BrN2/c1-11-6-7-12(16)9-13(11)14(10-17-2)15-5-3-4-8-18-15/h3-9,14,17H,10H2,1-2H3. The van der Waals surface area contributed by atoms with Crippen LogP contribution in [0.4, 0.5) is 0 Å². The van der Waals surface area contributed by atoms with Gasteiger partial charge < -0.3 is 5.32 Å². The molecule has 0 spiro atoms. The van der Waals surface area contributed by atoms with Crippen LogP contribution in [0.2, 0.25) is 0 Å². The predicted octanol–water partition coefficient (Wildman–Crippen LogP) is 3.50. The highest BCUT2D eigenvalue weighted by molar-refractivity contribution is 9.10. The van der Waals surface area contributed by atoms with E-state index < -0.39 is 0 Å². The minimum Gasteiger partial charge on any atom is -0.319 e. The minimum atomic E-state index is 0.286. The smallest absolute Gasteiger partial charge is 0.0491 e. The third kappa shape index (κ3) is 2.98. The molecular formula is C15H17BrN2. The third-order valence-corrected chi connectivity index (χ3v) is 3.56. The number of aromatic nitrogens is 1. The predicted molar refractivity (Wildman–Crippen MR) is 78.9 cm³/mol. The number of halogens is 1. The van der Waals surface area contributed by atoms with Crippen LogP contribution in [0.3, 0.4) is 0 Å². The summed E-state index contributed by atoms with van der Waals surface area (Å²) in [6, 6.07) is 12.5. The number of nitrogens with zero attached hydrogens (tertiary/aromatic N) is 1. The Morgan fingerprint density at radius 2 is 2.11 bits per heavy atom. The van der Waals surface area contributed by atoms with Crippen molar-refractivity contribution in [3.63, 3.8) is 0 Å². The van der Waals surface area contributed by atoms with Crippen LogP contribution in [-0.4, -0.2) is 18.6 Å². The van der Waals surface area contributed by atoms with E-state index in [1.807, 2.05) is 25.4 Å². The average Bonchev–Trinajstić information content (AvgIpc) is 2.40. The first-order valence-electron chi connectivity index (χ1n) is 6.04. The van der Waals surface area contributed by atoms with E-state index >= 15 is 0 Å². The summed E-state index contributed by atoms with van der Waals surface area (Å²) in [6.45, 7) is 3.03. The van der Waals surface area contributed by atoms with Gasteiger partial charge in [0.25, 0.3) is 0 Å². The molecule has 1 heterocycles. The molecule has 0 radical (unpaired) electrons. The van der Waals surface area contributed by atoms with Crippen molar-refractivity contribution in [1.82, 2.24) is 10.3 Å². The van der Waals surface area contributed by atoms with Crippen molar-refractivity contribution in [3.05, 3.63) is 63.9 Å². The maximum atomic E-state index is 4.49. The molecule has 0 bridgehead atoms. The van der Waals surface area contributed by atoms with Gasteiger partial charge in [-0.15, -0.1) is 0 Å². The molecule has 0 saturated carbocycles. The summed E-state index contributed by atoms with van der Waals surface area (Å²) in [4.78, 5) is 4.49. The van der Waals surface area contributed by atoms with Gasteiger partial charge in [0.1, 0.15) is 0 Å². The van der Waals surface area contributed by atoms with Crippen LogP contribution in [-0.2, 0) is 0 Å². The molecule has 1 aromatic carbocycles. The van der Waals surface area contributed by atoms with E-state index in [1.165, 1.54) is 11.1 Å². The molecule has 1 aromatic heterocycles. The fourth-order valence-corrected chi connectivity index (χ4v) is 2.53. The summed E-state index contributed by atoms with van der Waals surface area (Å²) in [5.41, 5.74) is 3.72. The molecular weight excluding hydrogens is 288 g/mol. The first kappa shape index (κ1) is 13.2. The van der Waals surface area contributed by atoms with Gasteiger partial charge in [0.05, 0.1) is 0 Å². The molecule has 0 aliphatic heterocycles. The van der Waals surface area contributed by atoms with Gasteiger partial charge in [-0.3, -0.25) is 4.98 Å². The zero-order valence-electron chi connectivity index (χ0n) is 10.7. The Kier molecular flexibility index (Phi) is 4.50. The highest BCUT2D eigenvalue weighted by Crippen LogP contribution is 2.27. The van der Waals surface area contributed by atoms with Gasteiger partial charge in [-0.25, -0.2) is 0 Å². The van der Waals surface area contributed by atoms with E-state index in [9.17, 15) is 0 Å². The highest BCUT2D eigenvalue weighted by atomic mass is 79.9. The number of benzene rings is 1. The van der Waals surface area contributed by atoms with Gasteiger partial charge in [-0.2, -0.15) is 0 Å². The van der Waals surface area contributed by atoms with Crippen LogP contribution in [0, 0.1) is 6.92 Å². The fraction of sp³-hybridized carbons (Fsp3) is 0.267. The molecule has 94 valence electrons. The number of aryl methyl sites for hydroxylation is 1. The highest BCUT2D eigenvalue weighted by Gasteiger charge is 2.16. The molecule has 1 N–H and O–H groups in total. The largest absolute Gasteiger partial charge is 0.319 e. The van der Waals surface area contributed by atoms with Crippen molar-refractivity contribution >= 4 is 15.9 Å². The number of hydrogen-bond donors (Lipinski definition) is 1. The lowest BCUT2D eigenvalue weighted by Gasteiger charge is -2.19. The van der Waals surface area contributed by atoms with Gasteiger partial charge >= 0.3 is 0 Å². The van der Waals surface area contributed by atoms with E-state index in [4.69, 9.17) is 0 Å². The molecule has 1 atom stereocenters. The lowest BCUT2D eigenvalue weighted by atomic mass is 9.91. The van der Waals surface area contributed by atoms with Crippen LogP contribution < -0.4 is 5.32 Å². The maximum Gasteiger partial charge on any atom is 0.0491 e. The average molecular weight is 305 g/mol. The van der Waals surface area contributed by atoms with E-state index in [0.29, 0.717) is 0 Å². The second kappa shape index (κ2) is 6.12. The van der Waals surface area contributed by atoms with Crippen molar-refractivity contribution in [2.45, 2.75) is 12.8 Å². The zero-order chi connectivity index (χ0) is 13.0. The number of rotatable bonds is 4. The molecule has 0 aliphatic rings. The van der Waals surface area contributed by atoms with Gasteiger partial charge in [-0.05, 0) is 49.4 Å². The molecule has 0 amide bonds. The lowest BCUT2D eigenvalue weighted by Crippen LogP contribution is -2.19. The molecule has 0 saturated heterocycles. The Morgan fingerprint density at radius 3 is 2.78 bits per heavy atom. The molecule has 0 fully saturated rings. The normalized spacial score (nSPS) is 12.4. The Bertz CT molecular complexity index is 511. The van der Waals surface area contributed by atoms with Crippen molar-refractivity contribution in [3.8, 4) is 0 Å². The maximum absolute atomic E-state index is 4.49. The summed E-state index contributed by atoms with van der Waals surface area (Å²) in [5.74, 6) is 0.286. The van der Waals surface area contributed by atoms with Crippen molar-refractivity contribution in [2.75, 3.05) is 13.6 Å². The lowest BCUT2D eigenvalue weighted by molar-refractivity contribution is 0.688. The van der Waals surface area contributed by atoms with Crippen LogP contribution >= 0.6 is 15.9 Å². The monoisotopic (exact) mass is 304 g/mol. The van der Waals surface area contributed by atoms with Gasteiger partial charge in [0.15, 0.2) is 0 Å². The van der Waals surface area contributed by atoms with Crippen molar-refractivity contribution in [2.24, 2.45) is 0 Å². The first-order chi connectivity index (χ1) is 8.72.